The molecule has 3 heterocycles. The van der Waals surface area contributed by atoms with Crippen molar-refractivity contribution in [1.82, 2.24) is 9.97 Å². The molecule has 0 aliphatic rings. The number of nitrogens with one attached hydrogen (secondary N) is 1. The Hall–Kier alpha value is -2.30. The third-order valence-electron chi connectivity index (χ3n) is 3.82. The lowest BCUT2D eigenvalue weighted by atomic mass is 10.0. The zero-order valence-corrected chi connectivity index (χ0v) is 13.5. The number of pyridine rings is 2. The molecule has 0 radical (unpaired) electrons. The number of hydrogen-bond donors (Lipinski definition) is 1. The quantitative estimate of drug-likeness (QED) is 0.531. The molecule has 4 nitrogen and oxygen atoms in total. The summed E-state index contributed by atoms with van der Waals surface area (Å²) in [6.07, 6.45) is 3.20. The van der Waals surface area contributed by atoms with E-state index in [1.807, 2.05) is 0 Å². The molecule has 0 aliphatic carbocycles. The highest BCUT2D eigenvalue weighted by Gasteiger charge is 2.18. The molecule has 1 N–H and O–H groups in total. The number of furan rings is 1. The number of H-pyrrole nitrogens is 1. The smallest absolute Gasteiger partial charge is 0.252 e. The Bertz CT molecular complexity index is 1130. The molecule has 0 atom stereocenters. The summed E-state index contributed by atoms with van der Waals surface area (Å²) in [7, 11) is 0. The summed E-state index contributed by atoms with van der Waals surface area (Å²) in [6.45, 7) is 1.74. The zero-order valence-electron chi connectivity index (χ0n) is 12.0. The minimum Gasteiger partial charge on any atom is -0.454 e. The van der Waals surface area contributed by atoms with Crippen LogP contribution in [0.3, 0.4) is 0 Å². The molecule has 0 fully saturated rings. The largest absolute Gasteiger partial charge is 0.454 e. The Morgan fingerprint density at radius 1 is 1.13 bits per heavy atom. The van der Waals surface area contributed by atoms with Crippen LogP contribution in [0.5, 0.6) is 0 Å². The van der Waals surface area contributed by atoms with Crippen molar-refractivity contribution in [3.8, 4) is 11.1 Å². The molecule has 4 rings (SSSR count). The van der Waals surface area contributed by atoms with E-state index in [1.165, 1.54) is 0 Å². The maximum atomic E-state index is 12.4. The van der Waals surface area contributed by atoms with Crippen LogP contribution in [0.15, 0.2) is 45.9 Å². The summed E-state index contributed by atoms with van der Waals surface area (Å²) in [5.41, 5.74) is 3.64. The van der Waals surface area contributed by atoms with Crippen LogP contribution in [-0.2, 0) is 0 Å². The van der Waals surface area contributed by atoms with E-state index in [-0.39, 0.29) is 5.56 Å². The summed E-state index contributed by atoms with van der Waals surface area (Å²) in [5.74, 6) is 0. The van der Waals surface area contributed by atoms with Gasteiger partial charge in [0.05, 0.1) is 10.5 Å². The second-order valence-electron chi connectivity index (χ2n) is 5.29. The molecule has 0 aliphatic heterocycles. The van der Waals surface area contributed by atoms with Crippen LogP contribution in [0.4, 0.5) is 0 Å². The molecule has 0 unspecified atom stereocenters. The van der Waals surface area contributed by atoms with Gasteiger partial charge in [-0.3, -0.25) is 9.78 Å². The molecular formula is C17H10Cl2N2O2. The van der Waals surface area contributed by atoms with Crippen LogP contribution in [0.25, 0.3) is 33.2 Å². The number of benzene rings is 1. The van der Waals surface area contributed by atoms with E-state index in [0.29, 0.717) is 37.9 Å². The van der Waals surface area contributed by atoms with Crippen molar-refractivity contribution in [1.29, 1.82) is 0 Å². The summed E-state index contributed by atoms with van der Waals surface area (Å²) in [4.78, 5) is 19.3. The van der Waals surface area contributed by atoms with E-state index in [1.54, 1.807) is 43.6 Å². The maximum Gasteiger partial charge on any atom is 0.252 e. The Labute approximate surface area is 140 Å². The highest BCUT2D eigenvalue weighted by molar-refractivity contribution is 6.32. The van der Waals surface area contributed by atoms with E-state index in [2.05, 4.69) is 9.97 Å². The summed E-state index contributed by atoms with van der Waals surface area (Å²) in [5, 5.41) is 1.84. The molecule has 0 saturated heterocycles. The van der Waals surface area contributed by atoms with Gasteiger partial charge in [0, 0.05) is 39.5 Å². The first kappa shape index (κ1) is 14.3. The van der Waals surface area contributed by atoms with Crippen molar-refractivity contribution in [2.45, 2.75) is 6.92 Å². The fourth-order valence-corrected chi connectivity index (χ4v) is 3.10. The number of aromatic amines is 1. The zero-order chi connectivity index (χ0) is 16.1. The van der Waals surface area contributed by atoms with Gasteiger partial charge in [0.25, 0.3) is 5.56 Å². The number of halogens is 2. The van der Waals surface area contributed by atoms with Gasteiger partial charge in [-0.15, -0.1) is 0 Å². The van der Waals surface area contributed by atoms with Gasteiger partial charge < -0.3 is 9.40 Å². The van der Waals surface area contributed by atoms with Crippen molar-refractivity contribution >= 4 is 45.3 Å². The Morgan fingerprint density at radius 3 is 2.74 bits per heavy atom. The van der Waals surface area contributed by atoms with Crippen LogP contribution in [0, 0.1) is 6.92 Å². The third kappa shape index (κ3) is 2.22. The van der Waals surface area contributed by atoms with Gasteiger partial charge in [0.2, 0.25) is 0 Å². The standard InChI is InChI=1S/C17H10Cl2N2O2/c1-8-14(9-4-11(19)7-20-6-9)16-15(21-17(8)22)12-5-10(18)2-3-13(12)23-16/h2-7H,1H3,(H,21,22). The first-order valence-corrected chi connectivity index (χ1v) is 7.66. The first-order chi connectivity index (χ1) is 11.0. The number of nitrogens with zero attached hydrogens (tertiary/aromatic N) is 1. The van der Waals surface area contributed by atoms with Crippen molar-refractivity contribution in [2.75, 3.05) is 0 Å². The normalized spacial score (nSPS) is 11.4. The SMILES string of the molecule is Cc1c(-c2cncc(Cl)c2)c2oc3ccc(Cl)cc3c2[nH]c1=O. The average molecular weight is 345 g/mol. The van der Waals surface area contributed by atoms with Crippen LogP contribution < -0.4 is 5.56 Å². The minimum absolute atomic E-state index is 0.185. The van der Waals surface area contributed by atoms with Gasteiger partial charge in [-0.25, -0.2) is 0 Å². The molecule has 0 bridgehead atoms. The Balaban J connectivity index is 2.20. The van der Waals surface area contributed by atoms with Crippen molar-refractivity contribution in [2.24, 2.45) is 0 Å². The second kappa shape index (κ2) is 5.11. The Kier molecular flexibility index (Phi) is 3.18. The lowest BCUT2D eigenvalue weighted by Gasteiger charge is -2.06. The van der Waals surface area contributed by atoms with Gasteiger partial charge in [-0.1, -0.05) is 23.2 Å². The molecule has 1 aromatic carbocycles. The Morgan fingerprint density at radius 2 is 1.96 bits per heavy atom. The number of hydrogen-bond acceptors (Lipinski definition) is 3. The highest BCUT2D eigenvalue weighted by atomic mass is 35.5. The monoisotopic (exact) mass is 344 g/mol. The topological polar surface area (TPSA) is 58.9 Å². The third-order valence-corrected chi connectivity index (χ3v) is 4.27. The highest BCUT2D eigenvalue weighted by Crippen LogP contribution is 2.36. The molecule has 23 heavy (non-hydrogen) atoms. The fraction of sp³-hybridized carbons (Fsp3) is 0.0588. The van der Waals surface area contributed by atoms with E-state index < -0.39 is 0 Å². The van der Waals surface area contributed by atoms with Crippen molar-refractivity contribution < 1.29 is 4.42 Å². The summed E-state index contributed by atoms with van der Waals surface area (Å²) in [6, 6.07) is 7.06. The van der Waals surface area contributed by atoms with Crippen LogP contribution in [-0.4, -0.2) is 9.97 Å². The predicted octanol–water partition coefficient (Wildman–Crippen LogP) is 4.95. The lowest BCUT2D eigenvalue weighted by molar-refractivity contribution is 0.668. The van der Waals surface area contributed by atoms with Gasteiger partial charge in [-0.2, -0.15) is 0 Å². The van der Waals surface area contributed by atoms with Gasteiger partial charge in [-0.05, 0) is 31.2 Å². The number of rotatable bonds is 1. The van der Waals surface area contributed by atoms with Crippen molar-refractivity contribution in [3.63, 3.8) is 0 Å². The predicted molar refractivity (Wildman–Crippen MR) is 92.3 cm³/mol. The van der Waals surface area contributed by atoms with Crippen LogP contribution in [0.1, 0.15) is 5.56 Å². The average Bonchev–Trinajstić information content (AvgIpc) is 2.86. The lowest BCUT2D eigenvalue weighted by Crippen LogP contribution is -2.10. The molecule has 0 spiro atoms. The molecule has 6 heteroatoms. The van der Waals surface area contributed by atoms with E-state index in [4.69, 9.17) is 27.6 Å². The molecule has 3 aromatic heterocycles. The summed E-state index contributed by atoms with van der Waals surface area (Å²) >= 11 is 12.1. The van der Waals surface area contributed by atoms with Crippen LogP contribution >= 0.6 is 23.2 Å². The molecule has 0 amide bonds. The number of fused-ring (bicyclic) bond motifs is 3. The van der Waals surface area contributed by atoms with Gasteiger partial charge in [0.1, 0.15) is 5.58 Å². The fourth-order valence-electron chi connectivity index (χ4n) is 2.76. The van der Waals surface area contributed by atoms with Gasteiger partial charge >= 0.3 is 0 Å². The van der Waals surface area contributed by atoms with E-state index >= 15 is 0 Å². The summed E-state index contributed by atoms with van der Waals surface area (Å²) < 4.78 is 5.97. The van der Waals surface area contributed by atoms with E-state index in [9.17, 15) is 4.79 Å². The first-order valence-electron chi connectivity index (χ1n) is 6.90. The van der Waals surface area contributed by atoms with Crippen molar-refractivity contribution in [3.05, 3.63) is 62.6 Å². The van der Waals surface area contributed by atoms with Gasteiger partial charge in [0.15, 0.2) is 5.58 Å². The maximum absolute atomic E-state index is 12.4. The molecule has 114 valence electrons. The minimum atomic E-state index is -0.185. The second-order valence-corrected chi connectivity index (χ2v) is 6.17. The molecular weight excluding hydrogens is 335 g/mol. The molecule has 0 saturated carbocycles. The van der Waals surface area contributed by atoms with E-state index in [0.717, 1.165) is 10.9 Å². The molecule has 4 aromatic rings. The van der Waals surface area contributed by atoms with Crippen LogP contribution in [0.2, 0.25) is 10.0 Å². The number of aromatic nitrogens is 2.